The van der Waals surface area contributed by atoms with E-state index in [0.29, 0.717) is 11.6 Å². The number of hydrogen-bond acceptors (Lipinski definition) is 5. The van der Waals surface area contributed by atoms with Crippen LogP contribution in [0.25, 0.3) is 11.6 Å². The van der Waals surface area contributed by atoms with Gasteiger partial charge in [0.15, 0.2) is 0 Å². The molecule has 0 radical (unpaired) electrons. The van der Waals surface area contributed by atoms with Gasteiger partial charge in [-0.15, -0.1) is 10.2 Å². The Labute approximate surface area is 68.5 Å². The minimum Gasteiger partial charge on any atom is -0.422 e. The molecule has 2 heterocycles. The Morgan fingerprint density at radius 3 is 2.92 bits per heavy atom. The van der Waals surface area contributed by atoms with Crippen molar-refractivity contribution in [3.63, 3.8) is 0 Å². The predicted molar refractivity (Wildman–Crippen MR) is 40.1 cm³/mol. The van der Waals surface area contributed by atoms with Crippen LogP contribution in [0.15, 0.2) is 23.2 Å². The molecule has 2 aromatic rings. The topological polar surface area (TPSA) is 64.7 Å². The van der Waals surface area contributed by atoms with Crippen LogP contribution in [0.1, 0.15) is 5.69 Å². The van der Waals surface area contributed by atoms with E-state index in [0.717, 1.165) is 5.69 Å². The maximum Gasteiger partial charge on any atom is 0.266 e. The Balaban J connectivity index is 2.48. The van der Waals surface area contributed by atoms with Gasteiger partial charge in [-0.05, 0) is 13.0 Å². The van der Waals surface area contributed by atoms with E-state index < -0.39 is 0 Å². The minimum atomic E-state index is 0.417. The van der Waals surface area contributed by atoms with Gasteiger partial charge in [-0.1, -0.05) is 0 Å². The smallest absolute Gasteiger partial charge is 0.266 e. The van der Waals surface area contributed by atoms with Crippen molar-refractivity contribution in [2.45, 2.75) is 6.92 Å². The van der Waals surface area contributed by atoms with E-state index in [1.807, 2.05) is 6.92 Å². The summed E-state index contributed by atoms with van der Waals surface area (Å²) in [7, 11) is 0. The fraction of sp³-hybridized carbons (Fsp3) is 0.143. The van der Waals surface area contributed by atoms with Gasteiger partial charge < -0.3 is 4.42 Å². The van der Waals surface area contributed by atoms with Crippen LogP contribution in [-0.2, 0) is 0 Å². The first-order chi connectivity index (χ1) is 5.86. The van der Waals surface area contributed by atoms with Crippen molar-refractivity contribution in [1.29, 1.82) is 0 Å². The van der Waals surface area contributed by atoms with Gasteiger partial charge in [0.25, 0.3) is 5.89 Å². The normalized spacial score (nSPS) is 10.1. The highest BCUT2D eigenvalue weighted by Gasteiger charge is 2.03. The molecule has 12 heavy (non-hydrogen) atoms. The van der Waals surface area contributed by atoms with Gasteiger partial charge in [-0.25, -0.2) is 9.97 Å². The second kappa shape index (κ2) is 2.69. The molecule has 0 aliphatic heterocycles. The number of aryl methyl sites for hydroxylation is 1. The molecule has 0 bridgehead atoms. The van der Waals surface area contributed by atoms with Crippen LogP contribution >= 0.6 is 0 Å². The molecule has 0 saturated carbocycles. The van der Waals surface area contributed by atoms with Crippen LogP contribution < -0.4 is 0 Å². The van der Waals surface area contributed by atoms with Gasteiger partial charge in [0.2, 0.25) is 6.39 Å². The summed E-state index contributed by atoms with van der Waals surface area (Å²) in [5, 5.41) is 7.27. The molecule has 0 aliphatic carbocycles. The molecule has 0 unspecified atom stereocenters. The maximum atomic E-state index is 4.96. The molecule has 0 N–H and O–H groups in total. The maximum absolute atomic E-state index is 4.96. The van der Waals surface area contributed by atoms with Gasteiger partial charge in [-0.2, -0.15) is 0 Å². The monoisotopic (exact) mass is 162 g/mol. The number of aromatic nitrogens is 4. The van der Waals surface area contributed by atoms with Crippen molar-refractivity contribution in [3.8, 4) is 11.6 Å². The summed E-state index contributed by atoms with van der Waals surface area (Å²) in [6, 6.07) is 1.79. The Bertz CT molecular complexity index is 371. The van der Waals surface area contributed by atoms with Crippen LogP contribution in [-0.4, -0.2) is 20.2 Å². The second-order valence-corrected chi connectivity index (χ2v) is 2.29. The van der Waals surface area contributed by atoms with Crippen molar-refractivity contribution in [2.24, 2.45) is 0 Å². The molecule has 0 saturated heterocycles. The molecule has 0 aromatic carbocycles. The Morgan fingerprint density at radius 2 is 2.25 bits per heavy atom. The van der Waals surface area contributed by atoms with E-state index in [1.165, 1.54) is 12.7 Å². The zero-order valence-electron chi connectivity index (χ0n) is 6.43. The Kier molecular flexibility index (Phi) is 1.55. The highest BCUT2D eigenvalue weighted by atomic mass is 16.4. The molecule has 2 aromatic heterocycles. The largest absolute Gasteiger partial charge is 0.422 e. The summed E-state index contributed by atoms with van der Waals surface area (Å²) < 4.78 is 4.96. The van der Waals surface area contributed by atoms with Crippen molar-refractivity contribution >= 4 is 0 Å². The first-order valence-electron chi connectivity index (χ1n) is 3.41. The highest BCUT2D eigenvalue weighted by Crippen LogP contribution is 2.11. The van der Waals surface area contributed by atoms with Crippen molar-refractivity contribution in [2.75, 3.05) is 0 Å². The standard InChI is InChI=1S/C7H6N4O/c1-5-2-6(9-3-8-5)7-11-10-4-12-7/h2-4H,1H3. The average Bonchev–Trinajstić information content (AvgIpc) is 2.56. The highest BCUT2D eigenvalue weighted by molar-refractivity contribution is 5.45. The molecule has 5 nitrogen and oxygen atoms in total. The quantitative estimate of drug-likeness (QED) is 0.621. The number of nitrogens with zero attached hydrogens (tertiary/aromatic N) is 4. The first-order valence-corrected chi connectivity index (χ1v) is 3.41. The second-order valence-electron chi connectivity index (χ2n) is 2.29. The van der Waals surface area contributed by atoms with Crippen molar-refractivity contribution in [3.05, 3.63) is 24.5 Å². The van der Waals surface area contributed by atoms with Gasteiger partial charge in [0.1, 0.15) is 12.0 Å². The SMILES string of the molecule is Cc1cc(-c2nnco2)ncn1. The minimum absolute atomic E-state index is 0.417. The fourth-order valence-corrected chi connectivity index (χ4v) is 0.856. The van der Waals surface area contributed by atoms with Crippen molar-refractivity contribution < 1.29 is 4.42 Å². The molecular weight excluding hydrogens is 156 g/mol. The average molecular weight is 162 g/mol. The van der Waals surface area contributed by atoms with Crippen LogP contribution in [0.4, 0.5) is 0 Å². The van der Waals surface area contributed by atoms with E-state index in [4.69, 9.17) is 4.42 Å². The van der Waals surface area contributed by atoms with Gasteiger partial charge >= 0.3 is 0 Å². The van der Waals surface area contributed by atoms with Crippen LogP contribution in [0.2, 0.25) is 0 Å². The summed E-state index contributed by atoms with van der Waals surface area (Å²) in [5.41, 5.74) is 1.53. The van der Waals surface area contributed by atoms with Crippen molar-refractivity contribution in [1.82, 2.24) is 20.2 Å². The molecule has 0 amide bonds. The number of rotatable bonds is 1. The zero-order chi connectivity index (χ0) is 8.39. The van der Waals surface area contributed by atoms with E-state index in [1.54, 1.807) is 6.07 Å². The van der Waals surface area contributed by atoms with Gasteiger partial charge in [0.05, 0.1) is 0 Å². The summed E-state index contributed by atoms with van der Waals surface area (Å²) in [5.74, 6) is 0.417. The third-order valence-electron chi connectivity index (χ3n) is 1.38. The molecule has 0 fully saturated rings. The van der Waals surface area contributed by atoms with E-state index in [-0.39, 0.29) is 0 Å². The number of hydrogen-bond donors (Lipinski definition) is 0. The summed E-state index contributed by atoms with van der Waals surface area (Å²) in [6.45, 7) is 1.88. The van der Waals surface area contributed by atoms with E-state index in [9.17, 15) is 0 Å². The lowest BCUT2D eigenvalue weighted by molar-refractivity contribution is 0.566. The zero-order valence-corrected chi connectivity index (χ0v) is 6.43. The molecule has 0 spiro atoms. The van der Waals surface area contributed by atoms with E-state index >= 15 is 0 Å². The van der Waals surface area contributed by atoms with Gasteiger partial charge in [-0.3, -0.25) is 0 Å². The van der Waals surface area contributed by atoms with E-state index in [2.05, 4.69) is 20.2 Å². The summed E-state index contributed by atoms with van der Waals surface area (Å²) in [4.78, 5) is 7.92. The molecule has 60 valence electrons. The molecule has 5 heteroatoms. The summed E-state index contributed by atoms with van der Waals surface area (Å²) >= 11 is 0. The first kappa shape index (κ1) is 6.90. The predicted octanol–water partition coefficient (Wildman–Crippen LogP) is 0.835. The summed E-state index contributed by atoms with van der Waals surface area (Å²) in [6.07, 6.45) is 2.74. The Morgan fingerprint density at radius 1 is 1.33 bits per heavy atom. The molecular formula is C7H6N4O. The Hall–Kier alpha value is -1.78. The lowest BCUT2D eigenvalue weighted by atomic mass is 10.3. The van der Waals surface area contributed by atoms with Gasteiger partial charge in [0, 0.05) is 5.69 Å². The fourth-order valence-electron chi connectivity index (χ4n) is 0.856. The molecule has 0 atom stereocenters. The lowest BCUT2D eigenvalue weighted by Crippen LogP contribution is -1.87. The van der Waals surface area contributed by atoms with Crippen LogP contribution in [0.3, 0.4) is 0 Å². The third-order valence-corrected chi connectivity index (χ3v) is 1.38. The molecule has 2 rings (SSSR count). The van der Waals surface area contributed by atoms with Crippen LogP contribution in [0, 0.1) is 6.92 Å². The lowest BCUT2D eigenvalue weighted by Gasteiger charge is -1.92. The molecule has 0 aliphatic rings. The third kappa shape index (κ3) is 1.16. The van der Waals surface area contributed by atoms with Crippen LogP contribution in [0.5, 0.6) is 0 Å².